The van der Waals surface area contributed by atoms with Crippen LogP contribution in [0.5, 0.6) is 0 Å². The molecule has 1 fully saturated rings. The van der Waals surface area contributed by atoms with Gasteiger partial charge in [-0.3, -0.25) is 4.79 Å². The van der Waals surface area contributed by atoms with Gasteiger partial charge >= 0.3 is 0 Å². The minimum absolute atomic E-state index is 0.202. The Hall–Kier alpha value is -2.95. The van der Waals surface area contributed by atoms with E-state index in [4.69, 9.17) is 4.98 Å². The Balaban J connectivity index is 1.72. The molecule has 3 aromatic rings. The highest BCUT2D eigenvalue weighted by Gasteiger charge is 2.25. The molecule has 1 heterocycles. The van der Waals surface area contributed by atoms with Crippen LogP contribution < -0.4 is 0 Å². The third-order valence-electron chi connectivity index (χ3n) is 5.76. The van der Waals surface area contributed by atoms with E-state index in [1.165, 1.54) is 25.0 Å². The number of halogens is 1. The molecule has 2 aromatic carbocycles. The van der Waals surface area contributed by atoms with Gasteiger partial charge in [0.2, 0.25) is 0 Å². The molecule has 1 aliphatic rings. The zero-order valence-electron chi connectivity index (χ0n) is 16.8. The molecule has 150 valence electrons. The van der Waals surface area contributed by atoms with Gasteiger partial charge in [-0.15, -0.1) is 6.58 Å². The van der Waals surface area contributed by atoms with Crippen LogP contribution in [0.15, 0.2) is 55.1 Å². The molecule has 0 spiro atoms. The molecule has 0 saturated heterocycles. The smallest absolute Gasteiger partial charge is 0.254 e. The lowest BCUT2D eigenvalue weighted by atomic mass is 10.1. The summed E-state index contributed by atoms with van der Waals surface area (Å²) in [5, 5.41) is 0. The van der Waals surface area contributed by atoms with Crippen molar-refractivity contribution in [3.8, 4) is 0 Å². The fourth-order valence-corrected chi connectivity index (χ4v) is 4.32. The van der Waals surface area contributed by atoms with Crippen molar-refractivity contribution in [1.29, 1.82) is 0 Å². The van der Waals surface area contributed by atoms with Crippen LogP contribution in [0.3, 0.4) is 0 Å². The summed E-state index contributed by atoms with van der Waals surface area (Å²) in [6.07, 6.45) is 6.40. The second kappa shape index (κ2) is 8.19. The Bertz CT molecular complexity index is 1050. The van der Waals surface area contributed by atoms with Crippen LogP contribution >= 0.6 is 0 Å². The number of carbonyl (C=O) groups excluding carboxylic acids is 1. The van der Waals surface area contributed by atoms with E-state index in [1.54, 1.807) is 17.0 Å². The molecule has 0 N–H and O–H groups in total. The topological polar surface area (TPSA) is 38.1 Å². The average molecular weight is 391 g/mol. The van der Waals surface area contributed by atoms with Crippen LogP contribution in [0.25, 0.3) is 11.0 Å². The number of aryl methyl sites for hydroxylation is 1. The van der Waals surface area contributed by atoms with Crippen LogP contribution in [-0.4, -0.2) is 26.9 Å². The van der Waals surface area contributed by atoms with E-state index < -0.39 is 5.82 Å². The summed E-state index contributed by atoms with van der Waals surface area (Å²) in [4.78, 5) is 19.8. The van der Waals surface area contributed by atoms with Crippen molar-refractivity contribution in [3.05, 3.63) is 77.9 Å². The van der Waals surface area contributed by atoms with Crippen LogP contribution in [0.4, 0.5) is 4.39 Å². The van der Waals surface area contributed by atoms with Crippen molar-refractivity contribution < 1.29 is 9.18 Å². The summed E-state index contributed by atoms with van der Waals surface area (Å²) in [7, 11) is 0. The van der Waals surface area contributed by atoms with Gasteiger partial charge in [0.05, 0.1) is 17.6 Å². The van der Waals surface area contributed by atoms with Crippen LogP contribution in [0, 0.1) is 12.7 Å². The van der Waals surface area contributed by atoms with E-state index >= 15 is 0 Å². The fraction of sp³-hybridized carbons (Fsp3) is 0.333. The van der Waals surface area contributed by atoms with Gasteiger partial charge in [-0.05, 0) is 49.6 Å². The summed E-state index contributed by atoms with van der Waals surface area (Å²) in [6, 6.07) is 12.9. The number of aromatic nitrogens is 2. The molecule has 4 nitrogen and oxygen atoms in total. The second-order valence-corrected chi connectivity index (χ2v) is 7.76. The number of hydrogen-bond donors (Lipinski definition) is 0. The Morgan fingerprint density at radius 2 is 2.03 bits per heavy atom. The molecule has 5 heteroatoms. The molecule has 0 radical (unpaired) electrons. The lowest BCUT2D eigenvalue weighted by Crippen LogP contribution is -2.32. The Morgan fingerprint density at radius 1 is 1.28 bits per heavy atom. The van der Waals surface area contributed by atoms with Crippen molar-refractivity contribution >= 4 is 16.9 Å². The van der Waals surface area contributed by atoms with E-state index in [1.807, 2.05) is 25.1 Å². The second-order valence-electron chi connectivity index (χ2n) is 7.76. The van der Waals surface area contributed by atoms with Gasteiger partial charge in [-0.2, -0.15) is 0 Å². The average Bonchev–Trinajstić information content (AvgIpc) is 3.36. The number of rotatable bonds is 6. The molecule has 0 aliphatic heterocycles. The molecular formula is C24H26FN3O. The largest absolute Gasteiger partial charge is 0.327 e. The third-order valence-corrected chi connectivity index (χ3v) is 5.76. The van der Waals surface area contributed by atoms with Gasteiger partial charge in [0, 0.05) is 18.2 Å². The standard InChI is InChI=1S/C24H26FN3O/c1-3-14-27(24(29)20-15-18(25)13-12-17(20)2)16-23-26-21-10-6-7-11-22(21)28(23)19-8-4-5-9-19/h3,6-7,10-13,15,19H,1,4-5,8-9,14,16H2,2H3. The Labute approximate surface area is 170 Å². The van der Waals surface area contributed by atoms with E-state index in [-0.39, 0.29) is 5.91 Å². The maximum Gasteiger partial charge on any atom is 0.254 e. The molecular weight excluding hydrogens is 365 g/mol. The summed E-state index contributed by atoms with van der Waals surface area (Å²) >= 11 is 0. The van der Waals surface area contributed by atoms with Crippen molar-refractivity contribution in [2.45, 2.75) is 45.2 Å². The SMILES string of the molecule is C=CCN(Cc1nc2ccccc2n1C1CCCC1)C(=O)c1cc(F)ccc1C. The first kappa shape index (κ1) is 19.4. The van der Waals surface area contributed by atoms with Gasteiger partial charge < -0.3 is 9.47 Å². The van der Waals surface area contributed by atoms with E-state index in [9.17, 15) is 9.18 Å². The molecule has 4 rings (SSSR count). The highest BCUT2D eigenvalue weighted by atomic mass is 19.1. The molecule has 29 heavy (non-hydrogen) atoms. The molecule has 1 amide bonds. The minimum atomic E-state index is -0.407. The minimum Gasteiger partial charge on any atom is -0.327 e. The van der Waals surface area contributed by atoms with E-state index in [0.717, 1.165) is 35.3 Å². The van der Waals surface area contributed by atoms with Crippen molar-refractivity contribution in [2.24, 2.45) is 0 Å². The molecule has 1 aromatic heterocycles. The maximum atomic E-state index is 13.8. The number of carbonyl (C=O) groups is 1. The third kappa shape index (κ3) is 3.82. The highest BCUT2D eigenvalue weighted by Crippen LogP contribution is 2.34. The predicted octanol–water partition coefficient (Wildman–Crippen LogP) is 5.43. The van der Waals surface area contributed by atoms with Crippen molar-refractivity contribution in [3.63, 3.8) is 0 Å². The van der Waals surface area contributed by atoms with E-state index in [0.29, 0.717) is 24.7 Å². The van der Waals surface area contributed by atoms with Crippen LogP contribution in [0.1, 0.15) is 53.5 Å². The first-order valence-electron chi connectivity index (χ1n) is 10.2. The number of para-hydroxylation sites is 2. The van der Waals surface area contributed by atoms with Crippen molar-refractivity contribution in [1.82, 2.24) is 14.5 Å². The molecule has 1 saturated carbocycles. The fourth-order valence-electron chi connectivity index (χ4n) is 4.32. The number of imidazole rings is 1. The first-order valence-corrected chi connectivity index (χ1v) is 10.2. The number of benzene rings is 2. The predicted molar refractivity (Wildman–Crippen MR) is 113 cm³/mol. The lowest BCUT2D eigenvalue weighted by Gasteiger charge is -2.24. The monoisotopic (exact) mass is 391 g/mol. The molecule has 1 aliphatic carbocycles. The number of hydrogen-bond acceptors (Lipinski definition) is 2. The Kier molecular flexibility index (Phi) is 5.47. The number of amides is 1. The lowest BCUT2D eigenvalue weighted by molar-refractivity contribution is 0.0755. The first-order chi connectivity index (χ1) is 14.1. The van der Waals surface area contributed by atoms with E-state index in [2.05, 4.69) is 17.2 Å². The molecule has 0 unspecified atom stereocenters. The maximum absolute atomic E-state index is 13.8. The summed E-state index contributed by atoms with van der Waals surface area (Å²) in [6.45, 7) is 6.38. The quantitative estimate of drug-likeness (QED) is 0.526. The van der Waals surface area contributed by atoms with Gasteiger partial charge in [0.1, 0.15) is 11.6 Å². The Morgan fingerprint density at radius 3 is 2.79 bits per heavy atom. The van der Waals surface area contributed by atoms with Gasteiger partial charge in [0.25, 0.3) is 5.91 Å². The number of nitrogens with zero attached hydrogens (tertiary/aromatic N) is 3. The van der Waals surface area contributed by atoms with Gasteiger partial charge in [-0.25, -0.2) is 9.37 Å². The van der Waals surface area contributed by atoms with Gasteiger partial charge in [-0.1, -0.05) is 37.1 Å². The zero-order valence-corrected chi connectivity index (χ0v) is 16.8. The highest BCUT2D eigenvalue weighted by molar-refractivity contribution is 5.95. The number of fused-ring (bicyclic) bond motifs is 1. The summed E-state index contributed by atoms with van der Waals surface area (Å²) in [5.41, 5.74) is 3.20. The normalized spacial score (nSPS) is 14.4. The van der Waals surface area contributed by atoms with Crippen LogP contribution in [0.2, 0.25) is 0 Å². The van der Waals surface area contributed by atoms with Crippen molar-refractivity contribution in [2.75, 3.05) is 6.54 Å². The summed E-state index contributed by atoms with van der Waals surface area (Å²) in [5.74, 6) is 0.269. The zero-order chi connectivity index (χ0) is 20.4. The van der Waals surface area contributed by atoms with Crippen LogP contribution in [-0.2, 0) is 6.54 Å². The molecule has 0 bridgehead atoms. The molecule has 0 atom stereocenters. The summed E-state index contributed by atoms with van der Waals surface area (Å²) < 4.78 is 16.1. The van der Waals surface area contributed by atoms with Gasteiger partial charge in [0.15, 0.2) is 0 Å².